The standard InChI is InChI=1S/C55H25F18N3/c56-50(57,58)32-11-14-37(43(24-32)55(71,72)73)42-25-46(75-44-7-3-1-5-38(44)40-12-9-27(19-47(40)75)29-15-33(51(59,60)61)22-34(16-29)52(62,63)64)31(26-74)21-49(42)76-45-8-4-2-6-39(45)41-13-10-28(20-48(41)76)30-17-35(53(65,66)67)23-36(18-30)54(68,69)70/h1-25H. The average Bonchev–Trinajstić information content (AvgIpc) is 3.92. The lowest BCUT2D eigenvalue weighted by Gasteiger charge is -2.22. The molecule has 8 aromatic carbocycles. The normalized spacial score (nSPS) is 13.1. The van der Waals surface area contributed by atoms with Crippen LogP contribution in [0.5, 0.6) is 0 Å². The average molecular weight is 1070 g/mol. The van der Waals surface area contributed by atoms with Crippen LogP contribution in [0.3, 0.4) is 0 Å². The van der Waals surface area contributed by atoms with Gasteiger partial charge in [0.15, 0.2) is 0 Å². The van der Waals surface area contributed by atoms with Gasteiger partial charge in [-0.25, -0.2) is 0 Å². The molecule has 0 atom stereocenters. The molecule has 0 fully saturated rings. The molecule has 386 valence electrons. The fraction of sp³-hybridized carbons (Fsp3) is 0.109. The molecular weight excluding hydrogens is 1040 g/mol. The van der Waals surface area contributed by atoms with Gasteiger partial charge in [-0.2, -0.15) is 84.3 Å². The molecule has 0 spiro atoms. The van der Waals surface area contributed by atoms with E-state index in [1.54, 1.807) is 12.1 Å². The van der Waals surface area contributed by atoms with Gasteiger partial charge in [0.2, 0.25) is 0 Å². The number of rotatable bonds is 5. The summed E-state index contributed by atoms with van der Waals surface area (Å²) in [6.07, 6.45) is -31.9. The number of halogens is 18. The molecular formula is C55H25F18N3. The van der Waals surface area contributed by atoms with E-state index in [2.05, 4.69) is 0 Å². The molecule has 0 aliphatic heterocycles. The van der Waals surface area contributed by atoms with Crippen molar-refractivity contribution in [3.05, 3.63) is 191 Å². The summed E-state index contributed by atoms with van der Waals surface area (Å²) < 4.78 is 260. The van der Waals surface area contributed by atoms with Crippen molar-refractivity contribution in [1.29, 1.82) is 5.26 Å². The Kier molecular flexibility index (Phi) is 11.6. The maximum absolute atomic E-state index is 15.4. The van der Waals surface area contributed by atoms with Crippen LogP contribution in [-0.2, 0) is 37.1 Å². The predicted octanol–water partition coefficient (Wildman–Crippen LogP) is 18.9. The first-order valence-corrected chi connectivity index (χ1v) is 22.0. The first-order valence-electron chi connectivity index (χ1n) is 22.0. The van der Waals surface area contributed by atoms with E-state index in [1.807, 2.05) is 6.07 Å². The number of nitriles is 1. The minimum absolute atomic E-state index is 0.0239. The summed E-state index contributed by atoms with van der Waals surface area (Å²) in [7, 11) is 0. The van der Waals surface area contributed by atoms with Crippen LogP contribution in [-0.4, -0.2) is 9.13 Å². The van der Waals surface area contributed by atoms with Gasteiger partial charge in [-0.15, -0.1) is 0 Å². The summed E-state index contributed by atoms with van der Waals surface area (Å²) in [5, 5.41) is 12.2. The highest BCUT2D eigenvalue weighted by Crippen LogP contribution is 2.48. The number of alkyl halides is 18. The van der Waals surface area contributed by atoms with Crippen LogP contribution in [0.2, 0.25) is 0 Å². The monoisotopic (exact) mass is 1070 g/mol. The molecule has 2 heterocycles. The van der Waals surface area contributed by atoms with Crippen molar-refractivity contribution in [3.63, 3.8) is 0 Å². The quantitative estimate of drug-likeness (QED) is 0.158. The van der Waals surface area contributed by atoms with Crippen molar-refractivity contribution in [3.8, 4) is 50.8 Å². The molecule has 3 nitrogen and oxygen atoms in total. The third-order valence-electron chi connectivity index (χ3n) is 12.8. The van der Waals surface area contributed by atoms with E-state index < -0.39 is 98.3 Å². The maximum atomic E-state index is 15.4. The Balaban J connectivity index is 1.33. The number of para-hydroxylation sites is 2. The van der Waals surface area contributed by atoms with Gasteiger partial charge in [0.05, 0.1) is 72.4 Å². The third kappa shape index (κ3) is 8.98. The number of hydrogen-bond acceptors (Lipinski definition) is 1. The molecule has 76 heavy (non-hydrogen) atoms. The van der Waals surface area contributed by atoms with Crippen LogP contribution in [0.1, 0.15) is 38.9 Å². The summed E-state index contributed by atoms with van der Waals surface area (Å²) in [5.41, 5.74) is -14.3. The van der Waals surface area contributed by atoms with Gasteiger partial charge in [-0.1, -0.05) is 66.7 Å². The first kappa shape index (κ1) is 51.1. The minimum atomic E-state index is -5.56. The van der Waals surface area contributed by atoms with E-state index in [4.69, 9.17) is 0 Å². The smallest absolute Gasteiger partial charge is 0.309 e. The van der Waals surface area contributed by atoms with E-state index in [0.29, 0.717) is 47.2 Å². The number of fused-ring (bicyclic) bond motifs is 6. The van der Waals surface area contributed by atoms with Gasteiger partial charge in [0.25, 0.3) is 0 Å². The number of aromatic nitrogens is 2. The molecule has 2 aromatic heterocycles. The van der Waals surface area contributed by atoms with Crippen LogP contribution in [0, 0.1) is 11.3 Å². The van der Waals surface area contributed by atoms with E-state index in [0.717, 1.165) is 18.2 Å². The van der Waals surface area contributed by atoms with E-state index >= 15 is 13.2 Å². The van der Waals surface area contributed by atoms with Crippen molar-refractivity contribution in [2.24, 2.45) is 0 Å². The summed E-state index contributed by atoms with van der Waals surface area (Å²) >= 11 is 0. The van der Waals surface area contributed by atoms with Crippen molar-refractivity contribution in [2.75, 3.05) is 0 Å². The zero-order valence-corrected chi connectivity index (χ0v) is 37.6. The van der Waals surface area contributed by atoms with Crippen molar-refractivity contribution in [2.45, 2.75) is 37.1 Å². The number of hydrogen-bond donors (Lipinski definition) is 0. The van der Waals surface area contributed by atoms with E-state index in [9.17, 15) is 71.1 Å². The van der Waals surface area contributed by atoms with Gasteiger partial charge in [-0.3, -0.25) is 0 Å². The van der Waals surface area contributed by atoms with Gasteiger partial charge < -0.3 is 9.13 Å². The zero-order valence-electron chi connectivity index (χ0n) is 37.6. The van der Waals surface area contributed by atoms with Gasteiger partial charge in [-0.05, 0) is 113 Å². The highest BCUT2D eigenvalue weighted by atomic mass is 19.4. The van der Waals surface area contributed by atoms with E-state index in [-0.39, 0.29) is 73.5 Å². The molecule has 0 aliphatic rings. The molecule has 10 rings (SSSR count). The Morgan fingerprint density at radius 2 is 0.697 bits per heavy atom. The number of nitrogens with zero attached hydrogens (tertiary/aromatic N) is 3. The Hall–Kier alpha value is -8.41. The molecule has 0 unspecified atom stereocenters. The molecule has 0 radical (unpaired) electrons. The van der Waals surface area contributed by atoms with Crippen LogP contribution in [0.4, 0.5) is 79.0 Å². The van der Waals surface area contributed by atoms with Gasteiger partial charge in [0.1, 0.15) is 6.07 Å². The lowest BCUT2D eigenvalue weighted by Crippen LogP contribution is -2.13. The lowest BCUT2D eigenvalue weighted by atomic mass is 9.93. The van der Waals surface area contributed by atoms with Gasteiger partial charge in [0, 0.05) is 27.1 Å². The molecule has 0 N–H and O–H groups in total. The Labute approximate surface area is 414 Å². The molecule has 0 aliphatic carbocycles. The Morgan fingerprint density at radius 3 is 1.09 bits per heavy atom. The fourth-order valence-electron chi connectivity index (χ4n) is 9.50. The Bertz CT molecular complexity index is 3980. The summed E-state index contributed by atoms with van der Waals surface area (Å²) in [4.78, 5) is 0. The predicted molar refractivity (Wildman–Crippen MR) is 246 cm³/mol. The number of benzene rings is 8. The van der Waals surface area contributed by atoms with Gasteiger partial charge >= 0.3 is 37.1 Å². The molecule has 0 bridgehead atoms. The van der Waals surface area contributed by atoms with E-state index in [1.165, 1.54) is 75.9 Å². The van der Waals surface area contributed by atoms with Crippen molar-refractivity contribution in [1.82, 2.24) is 9.13 Å². The molecule has 21 heteroatoms. The molecule has 10 aromatic rings. The molecule has 0 amide bonds. The minimum Gasteiger partial charge on any atom is -0.309 e. The second-order valence-corrected chi connectivity index (χ2v) is 17.5. The second kappa shape index (κ2) is 17.3. The van der Waals surface area contributed by atoms with Crippen LogP contribution >= 0.6 is 0 Å². The summed E-state index contributed by atoms with van der Waals surface area (Å²) in [6, 6.07) is 26.0. The lowest BCUT2D eigenvalue weighted by molar-refractivity contribution is -0.144. The van der Waals surface area contributed by atoms with Crippen LogP contribution < -0.4 is 0 Å². The van der Waals surface area contributed by atoms with Crippen molar-refractivity contribution < 1.29 is 79.0 Å². The van der Waals surface area contributed by atoms with Crippen LogP contribution in [0.25, 0.3) is 88.4 Å². The molecule has 0 saturated carbocycles. The van der Waals surface area contributed by atoms with Crippen molar-refractivity contribution >= 4 is 43.6 Å². The highest BCUT2D eigenvalue weighted by Gasteiger charge is 2.41. The third-order valence-corrected chi connectivity index (χ3v) is 12.8. The summed E-state index contributed by atoms with van der Waals surface area (Å²) in [6.45, 7) is 0. The fourth-order valence-corrected chi connectivity index (χ4v) is 9.50. The SMILES string of the molecule is N#Cc1cc(-n2c3ccccc3c3ccc(-c4cc(C(F)(F)F)cc(C(F)(F)F)c4)cc32)c(-c2ccc(C(F)(F)F)cc2C(F)(F)F)cc1-n1c2ccccc2c2ccc(-c3cc(C(F)(F)F)cc(C(F)(F)F)c3)cc21. The topological polar surface area (TPSA) is 33.6 Å². The zero-order chi connectivity index (χ0) is 54.8. The largest absolute Gasteiger partial charge is 0.417 e. The maximum Gasteiger partial charge on any atom is 0.417 e. The molecule has 0 saturated heterocycles. The first-order chi connectivity index (χ1) is 35.4. The highest BCUT2D eigenvalue weighted by molar-refractivity contribution is 6.12. The second-order valence-electron chi connectivity index (χ2n) is 17.5. The summed E-state index contributed by atoms with van der Waals surface area (Å²) in [5.74, 6) is 0. The van der Waals surface area contributed by atoms with Crippen LogP contribution in [0.15, 0.2) is 152 Å². The Morgan fingerprint density at radius 1 is 0.303 bits per heavy atom.